The summed E-state index contributed by atoms with van der Waals surface area (Å²) in [6, 6.07) is 7.29. The molecule has 0 aliphatic carbocycles. The van der Waals surface area contributed by atoms with Crippen molar-refractivity contribution in [2.45, 2.75) is 19.9 Å². The Morgan fingerprint density at radius 2 is 2.12 bits per heavy atom. The number of benzene rings is 1. The summed E-state index contributed by atoms with van der Waals surface area (Å²) in [4.78, 5) is 12.3. The fourth-order valence-electron chi connectivity index (χ4n) is 2.38. The van der Waals surface area contributed by atoms with Crippen LogP contribution in [-0.4, -0.2) is 36.5 Å². The van der Waals surface area contributed by atoms with E-state index in [0.29, 0.717) is 36.0 Å². The Balaban J connectivity index is 2.44. The van der Waals surface area contributed by atoms with Gasteiger partial charge in [0.25, 0.3) is 5.91 Å². The fourth-order valence-corrected chi connectivity index (χ4v) is 2.38. The lowest BCUT2D eigenvalue weighted by atomic mass is 10.1. The summed E-state index contributed by atoms with van der Waals surface area (Å²) in [5.74, 6) is 1.18. The number of hydrogen-bond acceptors (Lipinski definition) is 4. The van der Waals surface area contributed by atoms with Crippen LogP contribution in [0.15, 0.2) is 36.9 Å². The molecule has 0 aliphatic rings. The third-order valence-electron chi connectivity index (χ3n) is 3.54. The Labute approximate surface area is 142 Å². The van der Waals surface area contributed by atoms with Gasteiger partial charge < -0.3 is 14.8 Å². The number of hydrogen-bond donors (Lipinski definition) is 1. The minimum Gasteiger partial charge on any atom is -0.497 e. The maximum atomic E-state index is 12.3. The molecule has 0 radical (unpaired) electrons. The molecule has 0 saturated carbocycles. The van der Waals surface area contributed by atoms with Gasteiger partial charge in [-0.05, 0) is 24.6 Å². The molecule has 1 aromatic heterocycles. The highest BCUT2D eigenvalue weighted by atomic mass is 16.5. The van der Waals surface area contributed by atoms with Crippen molar-refractivity contribution in [2.75, 3.05) is 20.8 Å². The third-order valence-corrected chi connectivity index (χ3v) is 3.54. The van der Waals surface area contributed by atoms with Crippen molar-refractivity contribution in [2.24, 2.45) is 0 Å². The second-order valence-electron chi connectivity index (χ2n) is 5.20. The van der Waals surface area contributed by atoms with Crippen LogP contribution in [0.5, 0.6) is 11.5 Å². The number of ether oxygens (including phenoxy) is 2. The second kappa shape index (κ2) is 8.19. The van der Waals surface area contributed by atoms with E-state index in [2.05, 4.69) is 17.0 Å². The first-order valence-corrected chi connectivity index (χ1v) is 7.83. The van der Waals surface area contributed by atoms with E-state index in [1.807, 2.05) is 19.1 Å². The van der Waals surface area contributed by atoms with E-state index >= 15 is 0 Å². The van der Waals surface area contributed by atoms with E-state index in [9.17, 15) is 4.79 Å². The molecule has 1 aromatic carbocycles. The normalized spacial score (nSPS) is 10.3. The van der Waals surface area contributed by atoms with Gasteiger partial charge in [0.2, 0.25) is 0 Å². The minimum atomic E-state index is -0.172. The van der Waals surface area contributed by atoms with E-state index in [4.69, 9.17) is 9.47 Å². The van der Waals surface area contributed by atoms with Gasteiger partial charge in [0, 0.05) is 24.7 Å². The minimum absolute atomic E-state index is 0.172. The first-order chi connectivity index (χ1) is 11.6. The molecule has 2 rings (SSSR count). The SMILES string of the molecule is C=CCNC(=O)c1cc(-c2ccc(OC)cc2OC)nn1CCC. The molecule has 0 bridgehead atoms. The lowest BCUT2D eigenvalue weighted by molar-refractivity contribution is 0.0947. The van der Waals surface area contributed by atoms with Crippen LogP contribution >= 0.6 is 0 Å². The van der Waals surface area contributed by atoms with E-state index in [-0.39, 0.29) is 5.91 Å². The topological polar surface area (TPSA) is 65.4 Å². The molecule has 0 saturated heterocycles. The fraction of sp³-hybridized carbons (Fsp3) is 0.333. The first-order valence-electron chi connectivity index (χ1n) is 7.83. The largest absolute Gasteiger partial charge is 0.497 e. The van der Waals surface area contributed by atoms with Crippen molar-refractivity contribution in [3.63, 3.8) is 0 Å². The Bertz CT molecular complexity index is 722. The second-order valence-corrected chi connectivity index (χ2v) is 5.20. The van der Waals surface area contributed by atoms with Crippen LogP contribution in [0.3, 0.4) is 0 Å². The van der Waals surface area contributed by atoms with Crippen molar-refractivity contribution in [3.8, 4) is 22.8 Å². The van der Waals surface area contributed by atoms with Gasteiger partial charge in [-0.15, -0.1) is 6.58 Å². The summed E-state index contributed by atoms with van der Waals surface area (Å²) >= 11 is 0. The van der Waals surface area contributed by atoms with Gasteiger partial charge in [-0.25, -0.2) is 0 Å². The lowest BCUT2D eigenvalue weighted by Gasteiger charge is -2.08. The lowest BCUT2D eigenvalue weighted by Crippen LogP contribution is -2.26. The van der Waals surface area contributed by atoms with Crippen molar-refractivity contribution in [1.82, 2.24) is 15.1 Å². The number of amides is 1. The number of methoxy groups -OCH3 is 2. The molecule has 1 heterocycles. The van der Waals surface area contributed by atoms with Gasteiger partial charge in [0.15, 0.2) is 0 Å². The van der Waals surface area contributed by atoms with Gasteiger partial charge in [-0.2, -0.15) is 5.10 Å². The molecule has 0 aliphatic heterocycles. The quantitative estimate of drug-likeness (QED) is 0.756. The van der Waals surface area contributed by atoms with Crippen molar-refractivity contribution < 1.29 is 14.3 Å². The maximum Gasteiger partial charge on any atom is 0.269 e. The molecular weight excluding hydrogens is 306 g/mol. The highest BCUT2D eigenvalue weighted by molar-refractivity contribution is 5.94. The van der Waals surface area contributed by atoms with Gasteiger partial charge in [0.05, 0.1) is 19.9 Å². The molecule has 0 atom stereocenters. The van der Waals surface area contributed by atoms with E-state index in [1.165, 1.54) is 0 Å². The van der Waals surface area contributed by atoms with Crippen LogP contribution < -0.4 is 14.8 Å². The predicted octanol–water partition coefficient (Wildman–Crippen LogP) is 2.89. The molecule has 128 valence electrons. The Hall–Kier alpha value is -2.76. The number of nitrogens with one attached hydrogen (secondary N) is 1. The van der Waals surface area contributed by atoms with Gasteiger partial charge in [-0.3, -0.25) is 9.48 Å². The van der Waals surface area contributed by atoms with Crippen LogP contribution in [0, 0.1) is 0 Å². The summed E-state index contributed by atoms with van der Waals surface area (Å²) in [5, 5.41) is 7.36. The molecular formula is C18H23N3O3. The number of aryl methyl sites for hydroxylation is 1. The van der Waals surface area contributed by atoms with E-state index < -0.39 is 0 Å². The molecule has 6 heteroatoms. The standard InChI is InChI=1S/C18H23N3O3/c1-5-9-19-18(22)16-12-15(20-21(16)10-6-2)14-8-7-13(23-3)11-17(14)24-4/h5,7-8,11-12H,1,6,9-10H2,2-4H3,(H,19,22). The van der Waals surface area contributed by atoms with Crippen LogP contribution in [0.25, 0.3) is 11.3 Å². The van der Waals surface area contributed by atoms with Crippen molar-refractivity contribution in [3.05, 3.63) is 42.6 Å². The zero-order valence-electron chi connectivity index (χ0n) is 14.3. The van der Waals surface area contributed by atoms with Crippen LogP contribution in [0.1, 0.15) is 23.8 Å². The number of rotatable bonds is 8. The number of carbonyl (C=O) groups is 1. The number of aromatic nitrogens is 2. The van der Waals surface area contributed by atoms with Crippen molar-refractivity contribution in [1.29, 1.82) is 0 Å². The molecule has 6 nitrogen and oxygen atoms in total. The predicted molar refractivity (Wildman–Crippen MR) is 93.6 cm³/mol. The zero-order chi connectivity index (χ0) is 17.5. The average Bonchev–Trinajstić information content (AvgIpc) is 3.03. The van der Waals surface area contributed by atoms with E-state index in [1.54, 1.807) is 37.1 Å². The Kier molecular flexibility index (Phi) is 6.01. The molecule has 0 fully saturated rings. The van der Waals surface area contributed by atoms with Crippen LogP contribution in [-0.2, 0) is 6.54 Å². The van der Waals surface area contributed by atoms with Crippen LogP contribution in [0.2, 0.25) is 0 Å². The summed E-state index contributed by atoms with van der Waals surface area (Å²) in [5.41, 5.74) is 2.02. The summed E-state index contributed by atoms with van der Waals surface area (Å²) in [6.45, 7) is 6.73. The molecule has 24 heavy (non-hydrogen) atoms. The Morgan fingerprint density at radius 1 is 1.33 bits per heavy atom. The van der Waals surface area contributed by atoms with Gasteiger partial charge in [-0.1, -0.05) is 13.0 Å². The monoisotopic (exact) mass is 329 g/mol. The third kappa shape index (κ3) is 3.76. The molecule has 1 amide bonds. The average molecular weight is 329 g/mol. The summed E-state index contributed by atoms with van der Waals surface area (Å²) in [6.07, 6.45) is 2.52. The number of carbonyl (C=O) groups excluding carboxylic acids is 1. The smallest absolute Gasteiger partial charge is 0.269 e. The molecule has 0 unspecified atom stereocenters. The number of nitrogens with zero attached hydrogens (tertiary/aromatic N) is 2. The Morgan fingerprint density at radius 3 is 2.75 bits per heavy atom. The van der Waals surface area contributed by atoms with E-state index in [0.717, 1.165) is 12.0 Å². The molecule has 2 aromatic rings. The molecule has 1 N–H and O–H groups in total. The van der Waals surface area contributed by atoms with Crippen molar-refractivity contribution >= 4 is 5.91 Å². The van der Waals surface area contributed by atoms with Crippen LogP contribution in [0.4, 0.5) is 0 Å². The maximum absolute atomic E-state index is 12.3. The zero-order valence-corrected chi connectivity index (χ0v) is 14.3. The first kappa shape index (κ1) is 17.6. The summed E-state index contributed by atoms with van der Waals surface area (Å²) in [7, 11) is 3.20. The summed E-state index contributed by atoms with van der Waals surface area (Å²) < 4.78 is 12.4. The molecule has 0 spiro atoms. The van der Waals surface area contributed by atoms with Gasteiger partial charge in [0.1, 0.15) is 17.2 Å². The highest BCUT2D eigenvalue weighted by Gasteiger charge is 2.18. The van der Waals surface area contributed by atoms with Gasteiger partial charge >= 0.3 is 0 Å². The highest BCUT2D eigenvalue weighted by Crippen LogP contribution is 2.33.